The fourth-order valence-electron chi connectivity index (χ4n) is 10.4. The van der Waals surface area contributed by atoms with Gasteiger partial charge in [0.1, 0.15) is 0 Å². The highest BCUT2D eigenvalue weighted by Crippen LogP contribution is 2.39. The predicted octanol–water partition coefficient (Wildman–Crippen LogP) is 12.7. The van der Waals surface area contributed by atoms with E-state index in [0.717, 1.165) is 59.7 Å². The first kappa shape index (κ1) is 62.1. The minimum atomic E-state index is 0. The lowest BCUT2D eigenvalue weighted by Crippen LogP contribution is -2.58. The van der Waals surface area contributed by atoms with Crippen LogP contribution in [0.1, 0.15) is 188 Å². The minimum absolute atomic E-state index is 0. The average molecular weight is 826 g/mol. The maximum Gasteiger partial charge on any atom is 0.0113 e. The molecule has 6 unspecified atom stereocenters. The van der Waals surface area contributed by atoms with Gasteiger partial charge in [-0.2, -0.15) is 0 Å². The SMILES string of the molecule is C.C.C.C.C.CC1CC2CC(C1)N2C.CC1CC2CCC(C1)N2C.CC1CCCN(C)CC1.CC1CCCN(C)CCC1.CC1CCN(C)C1.CC1CCN(C)CC1. The zero-order valence-corrected chi connectivity index (χ0v) is 38.1. The maximum atomic E-state index is 2.60. The molecule has 1 aliphatic carbocycles. The van der Waals surface area contributed by atoms with Crippen molar-refractivity contribution in [3.8, 4) is 0 Å². The molecule has 9 rings (SSSR count). The molecule has 6 heteroatoms. The van der Waals surface area contributed by atoms with Crippen molar-refractivity contribution in [2.45, 2.75) is 212 Å². The van der Waals surface area contributed by atoms with Gasteiger partial charge in [-0.1, -0.05) is 78.7 Å². The molecule has 8 heterocycles. The molecular weight excluding hydrogens is 709 g/mol. The van der Waals surface area contributed by atoms with E-state index in [9.17, 15) is 0 Å². The Balaban J connectivity index is -0.000000617. The molecule has 8 saturated heterocycles. The Labute approximate surface area is 370 Å². The molecule has 6 nitrogen and oxygen atoms in total. The summed E-state index contributed by atoms with van der Waals surface area (Å²) in [5.41, 5.74) is 0. The number of fused-ring (bicyclic) bond motifs is 4. The second-order valence-electron chi connectivity index (χ2n) is 20.6. The highest BCUT2D eigenvalue weighted by molar-refractivity contribution is 4.97. The van der Waals surface area contributed by atoms with E-state index in [2.05, 4.69) is 113 Å². The van der Waals surface area contributed by atoms with Crippen LogP contribution in [0.3, 0.4) is 0 Å². The van der Waals surface area contributed by atoms with Crippen molar-refractivity contribution in [3.63, 3.8) is 0 Å². The van der Waals surface area contributed by atoms with E-state index in [-0.39, 0.29) is 37.1 Å². The largest absolute Gasteiger partial charge is 0.306 e. The Morgan fingerprint density at radius 1 is 0.276 bits per heavy atom. The van der Waals surface area contributed by atoms with Gasteiger partial charge in [0, 0.05) is 30.7 Å². The van der Waals surface area contributed by atoms with Crippen LogP contribution in [0.4, 0.5) is 0 Å². The van der Waals surface area contributed by atoms with Crippen molar-refractivity contribution in [2.24, 2.45) is 35.5 Å². The topological polar surface area (TPSA) is 19.4 Å². The van der Waals surface area contributed by atoms with Crippen LogP contribution in [0.25, 0.3) is 0 Å². The highest BCUT2D eigenvalue weighted by atomic mass is 15.2. The number of rotatable bonds is 0. The first-order valence-electron chi connectivity index (χ1n) is 23.4. The lowest BCUT2D eigenvalue weighted by atomic mass is 9.75. The molecule has 0 aromatic rings. The minimum Gasteiger partial charge on any atom is -0.306 e. The molecule has 4 bridgehead atoms. The molecule has 0 aromatic heterocycles. The van der Waals surface area contributed by atoms with E-state index in [4.69, 9.17) is 0 Å². The van der Waals surface area contributed by atoms with Crippen LogP contribution in [0.2, 0.25) is 0 Å². The number of likely N-dealkylation sites (tertiary alicyclic amines) is 4. The van der Waals surface area contributed by atoms with Crippen LogP contribution in [0, 0.1) is 35.5 Å². The first-order chi connectivity index (χ1) is 25.2. The van der Waals surface area contributed by atoms with Gasteiger partial charge in [0.2, 0.25) is 0 Å². The molecule has 0 radical (unpaired) electrons. The fourth-order valence-corrected chi connectivity index (χ4v) is 10.4. The van der Waals surface area contributed by atoms with Crippen LogP contribution in [-0.4, -0.2) is 148 Å². The van der Waals surface area contributed by atoms with E-state index in [1.54, 1.807) is 0 Å². The summed E-state index contributed by atoms with van der Waals surface area (Å²) in [6.45, 7) is 24.6. The summed E-state index contributed by atoms with van der Waals surface area (Å²) >= 11 is 0. The van der Waals surface area contributed by atoms with Gasteiger partial charge in [-0.15, -0.1) is 0 Å². The van der Waals surface area contributed by atoms with Crippen LogP contribution in [0.15, 0.2) is 0 Å². The van der Waals surface area contributed by atoms with Crippen LogP contribution < -0.4 is 0 Å². The average Bonchev–Trinajstić information content (AvgIpc) is 3.50. The second kappa shape index (κ2) is 33.3. The van der Waals surface area contributed by atoms with Gasteiger partial charge < -0.3 is 29.4 Å². The Morgan fingerprint density at radius 3 is 0.897 bits per heavy atom. The highest BCUT2D eigenvalue weighted by Gasteiger charge is 2.41. The molecule has 58 heavy (non-hydrogen) atoms. The van der Waals surface area contributed by atoms with Crippen molar-refractivity contribution < 1.29 is 0 Å². The van der Waals surface area contributed by atoms with E-state index in [0.29, 0.717) is 0 Å². The van der Waals surface area contributed by atoms with Crippen molar-refractivity contribution in [1.82, 2.24) is 29.4 Å². The fraction of sp³-hybridized carbons (Fsp3) is 1.00. The Hall–Kier alpha value is -0.240. The summed E-state index contributed by atoms with van der Waals surface area (Å²) in [4.78, 5) is 14.8. The molecule has 0 amide bonds. The number of hydrogen-bond donors (Lipinski definition) is 0. The van der Waals surface area contributed by atoms with Crippen molar-refractivity contribution >= 4 is 0 Å². The second-order valence-corrected chi connectivity index (χ2v) is 20.6. The van der Waals surface area contributed by atoms with Crippen LogP contribution in [-0.2, 0) is 0 Å². The zero-order valence-electron chi connectivity index (χ0n) is 38.1. The third kappa shape index (κ3) is 24.4. The predicted molar refractivity (Wildman–Crippen MR) is 268 cm³/mol. The van der Waals surface area contributed by atoms with Crippen LogP contribution >= 0.6 is 0 Å². The molecule has 0 aromatic carbocycles. The quantitative estimate of drug-likeness (QED) is 0.241. The molecule has 9 aliphatic rings. The monoisotopic (exact) mass is 825 g/mol. The van der Waals surface area contributed by atoms with Gasteiger partial charge in [-0.25, -0.2) is 0 Å². The van der Waals surface area contributed by atoms with Gasteiger partial charge >= 0.3 is 0 Å². The Morgan fingerprint density at radius 2 is 0.569 bits per heavy atom. The summed E-state index contributed by atoms with van der Waals surface area (Å²) in [5.74, 6) is 5.87. The first-order valence-corrected chi connectivity index (χ1v) is 23.4. The van der Waals surface area contributed by atoms with E-state index < -0.39 is 0 Å². The van der Waals surface area contributed by atoms with Crippen molar-refractivity contribution in [2.75, 3.05) is 94.6 Å². The van der Waals surface area contributed by atoms with Crippen molar-refractivity contribution in [1.29, 1.82) is 0 Å². The van der Waals surface area contributed by atoms with Gasteiger partial charge in [-0.05, 0) is 233 Å². The summed E-state index contributed by atoms with van der Waals surface area (Å²) in [6, 6.07) is 3.79. The normalized spacial score (nSPS) is 33.3. The summed E-state index contributed by atoms with van der Waals surface area (Å²) < 4.78 is 0. The smallest absolute Gasteiger partial charge is 0.0113 e. The van der Waals surface area contributed by atoms with Gasteiger partial charge in [-0.3, -0.25) is 0 Å². The summed E-state index contributed by atoms with van der Waals surface area (Å²) in [6.07, 6.45) is 24.3. The Kier molecular flexibility index (Phi) is 35.7. The molecule has 0 spiro atoms. The van der Waals surface area contributed by atoms with Crippen LogP contribution in [0.5, 0.6) is 0 Å². The molecule has 8 aliphatic heterocycles. The van der Waals surface area contributed by atoms with Crippen molar-refractivity contribution in [3.05, 3.63) is 0 Å². The third-order valence-corrected chi connectivity index (χ3v) is 14.7. The van der Waals surface area contributed by atoms with E-state index in [1.807, 2.05) is 0 Å². The number of piperidine rings is 3. The van der Waals surface area contributed by atoms with E-state index >= 15 is 0 Å². The van der Waals surface area contributed by atoms with E-state index in [1.165, 1.54) is 162 Å². The standard InChI is InChI=1S/C9H17N.C9H19N.C8H15N.C8H17N.C7H15N.C6H13N.5CH4/c1-7-5-8-3-4-9(6-7)10(8)2;1-9-5-3-7-10(2)8-4-6-9;1-6-3-7-5-8(4-6)9(7)2;1-8-4-3-6-9(2)7-5-8;1-7-3-5-8(2)6-4-7;1-6-3-4-7(2)5-6;;;;;/h7-9H,3-6H2,1-2H3;9H,3-8H2,1-2H3;6-8H,3-5H2,1-2H3;8H,3-7H2,1-2H3;7H,3-6H2,1-2H3;6H,3-5H2,1-2H3;5*1H4. The molecule has 9 fully saturated rings. The van der Waals surface area contributed by atoms with Gasteiger partial charge in [0.05, 0.1) is 0 Å². The Bertz CT molecular complexity index is 850. The third-order valence-electron chi connectivity index (χ3n) is 14.7. The zero-order chi connectivity index (χ0) is 38.9. The van der Waals surface area contributed by atoms with Gasteiger partial charge in [0.15, 0.2) is 0 Å². The lowest BCUT2D eigenvalue weighted by molar-refractivity contribution is -0.0258. The summed E-state index contributed by atoms with van der Waals surface area (Å²) in [5, 5.41) is 0. The number of hydrogen-bond acceptors (Lipinski definition) is 6. The molecule has 1 saturated carbocycles. The molecular formula is C52H116N6. The van der Waals surface area contributed by atoms with Gasteiger partial charge in [0.25, 0.3) is 0 Å². The molecule has 0 N–H and O–H groups in total. The maximum absolute atomic E-state index is 2.60. The summed E-state index contributed by atoms with van der Waals surface area (Å²) in [7, 11) is 13.4. The number of nitrogens with zero attached hydrogens (tertiary/aromatic N) is 6. The molecule has 354 valence electrons. The molecule has 6 atom stereocenters. The lowest BCUT2D eigenvalue weighted by Gasteiger charge is -2.53.